The van der Waals surface area contributed by atoms with Crippen molar-refractivity contribution >= 4 is 27.3 Å². The molecule has 2 aromatic carbocycles. The third-order valence-electron chi connectivity index (χ3n) is 4.34. The third kappa shape index (κ3) is 3.90. The number of anilines is 2. The topological polar surface area (TPSA) is 75.7 Å². The molecule has 144 valence electrons. The molecule has 0 saturated carbocycles. The number of hydrogen-bond donors (Lipinski definition) is 1. The molecule has 0 aliphatic carbocycles. The summed E-state index contributed by atoms with van der Waals surface area (Å²) in [6.07, 6.45) is 1.70. The van der Waals surface area contributed by atoms with Crippen LogP contribution >= 0.6 is 0 Å². The Morgan fingerprint density at radius 3 is 2.70 bits per heavy atom. The molecule has 27 heavy (non-hydrogen) atoms. The lowest BCUT2D eigenvalue weighted by Crippen LogP contribution is -2.34. The molecule has 1 unspecified atom stereocenters. The maximum Gasteiger partial charge on any atom is 0.255 e. The molecule has 1 aliphatic rings. The average Bonchev–Trinajstić information content (AvgIpc) is 2.92. The number of benzene rings is 2. The minimum atomic E-state index is -3.38. The quantitative estimate of drug-likeness (QED) is 0.848. The van der Waals surface area contributed by atoms with Crippen molar-refractivity contribution in [1.29, 1.82) is 0 Å². The van der Waals surface area contributed by atoms with Crippen molar-refractivity contribution in [2.75, 3.05) is 22.5 Å². The van der Waals surface area contributed by atoms with E-state index in [1.54, 1.807) is 25.1 Å². The summed E-state index contributed by atoms with van der Waals surface area (Å²) in [5, 5.41) is 2.72. The van der Waals surface area contributed by atoms with Crippen molar-refractivity contribution in [2.45, 2.75) is 26.3 Å². The van der Waals surface area contributed by atoms with Crippen LogP contribution in [-0.2, 0) is 16.4 Å². The fourth-order valence-electron chi connectivity index (χ4n) is 3.32. The molecule has 2 aromatic rings. The minimum Gasteiger partial charge on any atom is -0.492 e. The van der Waals surface area contributed by atoms with Gasteiger partial charge in [-0.2, -0.15) is 0 Å². The van der Waals surface area contributed by atoms with Gasteiger partial charge in [0.25, 0.3) is 5.91 Å². The van der Waals surface area contributed by atoms with E-state index in [1.807, 2.05) is 6.92 Å². The summed E-state index contributed by atoms with van der Waals surface area (Å²) in [6.45, 7) is 3.93. The Labute approximate surface area is 158 Å². The lowest BCUT2D eigenvalue weighted by molar-refractivity contribution is 0.102. The molecule has 1 amide bonds. The molecule has 1 N–H and O–H groups in total. The van der Waals surface area contributed by atoms with E-state index in [4.69, 9.17) is 4.74 Å². The van der Waals surface area contributed by atoms with E-state index in [9.17, 15) is 17.6 Å². The van der Waals surface area contributed by atoms with Gasteiger partial charge in [-0.3, -0.25) is 9.10 Å². The van der Waals surface area contributed by atoms with E-state index >= 15 is 0 Å². The second-order valence-electron chi connectivity index (χ2n) is 6.48. The summed E-state index contributed by atoms with van der Waals surface area (Å²) in [5.74, 6) is -0.580. The maximum absolute atomic E-state index is 13.4. The van der Waals surface area contributed by atoms with Crippen molar-refractivity contribution in [3.8, 4) is 5.75 Å². The first-order valence-corrected chi connectivity index (χ1v) is 10.4. The number of nitrogens with one attached hydrogen (secondary N) is 1. The number of ether oxygens (including phenoxy) is 1. The zero-order valence-electron chi connectivity index (χ0n) is 15.3. The average molecular weight is 392 g/mol. The number of fused-ring (bicyclic) bond motifs is 1. The van der Waals surface area contributed by atoms with Gasteiger partial charge < -0.3 is 10.1 Å². The van der Waals surface area contributed by atoms with Crippen molar-refractivity contribution in [3.05, 3.63) is 53.3 Å². The summed E-state index contributed by atoms with van der Waals surface area (Å²) in [7, 11) is -3.38. The molecule has 0 bridgehead atoms. The summed E-state index contributed by atoms with van der Waals surface area (Å²) in [5.41, 5.74) is 2.15. The van der Waals surface area contributed by atoms with Gasteiger partial charge >= 0.3 is 0 Å². The van der Waals surface area contributed by atoms with Crippen LogP contribution in [0.15, 0.2) is 36.4 Å². The van der Waals surface area contributed by atoms with Crippen LogP contribution in [0.3, 0.4) is 0 Å². The van der Waals surface area contributed by atoms with Crippen molar-refractivity contribution in [1.82, 2.24) is 0 Å². The van der Waals surface area contributed by atoms with Gasteiger partial charge in [0.05, 0.1) is 24.2 Å². The van der Waals surface area contributed by atoms with Crippen LogP contribution in [-0.4, -0.2) is 33.2 Å². The SMILES string of the molecule is CCOc1cc(F)ccc1NC(=O)c1ccc2c(c1)CC(C)N2S(C)(=O)=O. The van der Waals surface area contributed by atoms with Crippen LogP contribution in [0.5, 0.6) is 5.75 Å². The molecule has 1 aliphatic heterocycles. The van der Waals surface area contributed by atoms with Crippen molar-refractivity contribution < 1.29 is 22.3 Å². The molecule has 6 nitrogen and oxygen atoms in total. The van der Waals surface area contributed by atoms with Gasteiger partial charge in [0, 0.05) is 17.7 Å². The molecule has 0 spiro atoms. The predicted molar refractivity (Wildman–Crippen MR) is 102 cm³/mol. The highest BCUT2D eigenvalue weighted by Gasteiger charge is 2.32. The predicted octanol–water partition coefficient (Wildman–Crippen LogP) is 3.19. The summed E-state index contributed by atoms with van der Waals surface area (Å²) in [4.78, 5) is 12.6. The first-order chi connectivity index (χ1) is 12.7. The van der Waals surface area contributed by atoms with Gasteiger partial charge in [-0.15, -0.1) is 0 Å². The molecule has 0 radical (unpaired) electrons. The molecular weight excluding hydrogens is 371 g/mol. The molecule has 0 saturated heterocycles. The lowest BCUT2D eigenvalue weighted by atomic mass is 10.1. The highest BCUT2D eigenvalue weighted by Crippen LogP contribution is 2.35. The van der Waals surface area contributed by atoms with E-state index in [1.165, 1.54) is 28.8 Å². The van der Waals surface area contributed by atoms with E-state index in [0.29, 0.717) is 30.0 Å². The Balaban J connectivity index is 1.87. The number of carbonyl (C=O) groups excluding carboxylic acids is 1. The molecule has 1 atom stereocenters. The molecule has 8 heteroatoms. The molecule has 0 fully saturated rings. The van der Waals surface area contributed by atoms with Gasteiger partial charge in [-0.05, 0) is 56.2 Å². The monoisotopic (exact) mass is 392 g/mol. The van der Waals surface area contributed by atoms with Crippen LogP contribution in [0.25, 0.3) is 0 Å². The Kier molecular flexibility index (Phi) is 5.10. The minimum absolute atomic E-state index is 0.199. The fourth-order valence-corrected chi connectivity index (χ4v) is 4.58. The number of sulfonamides is 1. The molecule has 0 aromatic heterocycles. The zero-order valence-corrected chi connectivity index (χ0v) is 16.1. The van der Waals surface area contributed by atoms with Crippen LogP contribution in [0.4, 0.5) is 15.8 Å². The molecule has 1 heterocycles. The van der Waals surface area contributed by atoms with E-state index in [-0.39, 0.29) is 17.7 Å². The Bertz CT molecular complexity index is 991. The van der Waals surface area contributed by atoms with Crippen molar-refractivity contribution in [2.24, 2.45) is 0 Å². The number of amides is 1. The second-order valence-corrected chi connectivity index (χ2v) is 8.34. The van der Waals surface area contributed by atoms with E-state index in [2.05, 4.69) is 5.32 Å². The summed E-state index contributed by atoms with van der Waals surface area (Å²) in [6, 6.07) is 8.61. The van der Waals surface area contributed by atoms with Gasteiger partial charge in [0.2, 0.25) is 10.0 Å². The number of halogens is 1. The normalized spacial score (nSPS) is 16.1. The van der Waals surface area contributed by atoms with Gasteiger partial charge in [0.15, 0.2) is 0 Å². The van der Waals surface area contributed by atoms with Crippen LogP contribution in [0, 0.1) is 5.82 Å². The van der Waals surface area contributed by atoms with Crippen LogP contribution < -0.4 is 14.4 Å². The summed E-state index contributed by atoms with van der Waals surface area (Å²) < 4.78 is 44.1. The maximum atomic E-state index is 13.4. The molecule has 3 rings (SSSR count). The number of rotatable bonds is 5. The fraction of sp³-hybridized carbons (Fsp3) is 0.316. The first kappa shape index (κ1) is 19.2. The smallest absolute Gasteiger partial charge is 0.255 e. The standard InChI is InChI=1S/C19H21FN2O4S/c1-4-26-18-11-15(20)6-7-16(18)21-19(23)13-5-8-17-14(10-13)9-12(2)22(17)27(3,24)25/h5-8,10-12H,4,9H2,1-3H3,(H,21,23). The number of carbonyl (C=O) groups is 1. The van der Waals surface area contributed by atoms with Gasteiger partial charge in [0.1, 0.15) is 11.6 Å². The Morgan fingerprint density at radius 1 is 1.30 bits per heavy atom. The molecular formula is C19H21FN2O4S. The van der Waals surface area contributed by atoms with Crippen molar-refractivity contribution in [3.63, 3.8) is 0 Å². The Hall–Kier alpha value is -2.61. The summed E-state index contributed by atoms with van der Waals surface area (Å²) >= 11 is 0. The number of hydrogen-bond acceptors (Lipinski definition) is 4. The lowest BCUT2D eigenvalue weighted by Gasteiger charge is -2.21. The Morgan fingerprint density at radius 2 is 2.04 bits per heavy atom. The first-order valence-electron chi connectivity index (χ1n) is 8.56. The number of nitrogens with zero attached hydrogens (tertiary/aromatic N) is 1. The highest BCUT2D eigenvalue weighted by atomic mass is 32.2. The second kappa shape index (κ2) is 7.19. The van der Waals surface area contributed by atoms with Gasteiger partial charge in [-0.25, -0.2) is 12.8 Å². The van der Waals surface area contributed by atoms with Crippen LogP contribution in [0.1, 0.15) is 29.8 Å². The van der Waals surface area contributed by atoms with Gasteiger partial charge in [-0.1, -0.05) is 0 Å². The largest absolute Gasteiger partial charge is 0.492 e. The van der Waals surface area contributed by atoms with E-state index < -0.39 is 15.8 Å². The highest BCUT2D eigenvalue weighted by molar-refractivity contribution is 7.92. The zero-order chi connectivity index (χ0) is 19.8. The van der Waals surface area contributed by atoms with Crippen LogP contribution in [0.2, 0.25) is 0 Å². The van der Waals surface area contributed by atoms with E-state index in [0.717, 1.165) is 5.56 Å². The third-order valence-corrected chi connectivity index (χ3v) is 5.61.